The summed E-state index contributed by atoms with van der Waals surface area (Å²) in [4.78, 5) is 16.3. The minimum Gasteiger partial charge on any atom is -0.375 e. The molecule has 3 N–H and O–H groups in total. The molecule has 19 heavy (non-hydrogen) atoms. The number of hydrogen-bond acceptors (Lipinski definition) is 4. The molecule has 100 valence electrons. The third kappa shape index (κ3) is 2.71. The molecule has 0 radical (unpaired) electrons. The first kappa shape index (κ1) is 12.4. The van der Waals surface area contributed by atoms with Gasteiger partial charge in [0.2, 0.25) is 0 Å². The minimum absolute atomic E-state index is 0.000714. The molecular weight excluding hydrogens is 258 g/mol. The number of benzene rings is 1. The number of carbonyl (C=O) groups excluding carboxylic acids is 1. The highest BCUT2D eigenvalue weighted by Gasteiger charge is 2.16. The molecule has 1 amide bonds. The van der Waals surface area contributed by atoms with Crippen molar-refractivity contribution in [1.29, 1.82) is 0 Å². The van der Waals surface area contributed by atoms with Crippen molar-refractivity contribution in [2.24, 2.45) is 5.92 Å². The van der Waals surface area contributed by atoms with Gasteiger partial charge in [-0.2, -0.15) is 0 Å². The van der Waals surface area contributed by atoms with E-state index in [-0.39, 0.29) is 5.91 Å². The molecule has 5 heteroatoms. The number of anilines is 1. The number of nitrogens with zero attached hydrogens (tertiary/aromatic N) is 1. The maximum Gasteiger partial charge on any atom is 0.251 e. The monoisotopic (exact) mass is 275 g/mol. The third-order valence-electron chi connectivity index (χ3n) is 3.69. The van der Waals surface area contributed by atoms with Gasteiger partial charge in [0.05, 0.1) is 10.2 Å². The lowest BCUT2D eigenvalue weighted by Gasteiger charge is -2.10. The molecule has 0 unspecified atom stereocenters. The first-order valence-corrected chi connectivity index (χ1v) is 7.48. The Morgan fingerprint density at radius 2 is 2.21 bits per heavy atom. The molecule has 1 heterocycles. The van der Waals surface area contributed by atoms with Crippen LogP contribution in [0.15, 0.2) is 18.2 Å². The Labute approximate surface area is 116 Å². The summed E-state index contributed by atoms with van der Waals surface area (Å²) in [5, 5.41) is 3.57. The standard InChI is InChI=1S/C14H17N3OS/c15-14-17-11-6-5-10(7-12(11)19-14)13(18)16-8-9-3-1-2-4-9/h5-7,9H,1-4,8H2,(H2,15,17)(H,16,18). The van der Waals surface area contributed by atoms with Gasteiger partial charge in [-0.05, 0) is 37.0 Å². The quantitative estimate of drug-likeness (QED) is 0.905. The van der Waals surface area contributed by atoms with Gasteiger partial charge < -0.3 is 11.1 Å². The zero-order valence-corrected chi connectivity index (χ0v) is 11.5. The van der Waals surface area contributed by atoms with Crippen molar-refractivity contribution >= 4 is 32.6 Å². The number of aromatic nitrogens is 1. The second-order valence-corrected chi connectivity index (χ2v) is 6.16. The summed E-state index contributed by atoms with van der Waals surface area (Å²) in [5.41, 5.74) is 7.21. The molecule has 2 aromatic rings. The van der Waals surface area contributed by atoms with E-state index in [0.717, 1.165) is 16.8 Å². The first-order valence-electron chi connectivity index (χ1n) is 6.66. The number of carbonyl (C=O) groups is 1. The maximum absolute atomic E-state index is 12.1. The predicted octanol–water partition coefficient (Wildman–Crippen LogP) is 2.80. The van der Waals surface area contributed by atoms with Crippen LogP contribution in [0.4, 0.5) is 5.13 Å². The van der Waals surface area contributed by atoms with Crippen molar-refractivity contribution in [3.8, 4) is 0 Å². The van der Waals surface area contributed by atoms with Crippen molar-refractivity contribution < 1.29 is 4.79 Å². The highest BCUT2D eigenvalue weighted by Crippen LogP contribution is 2.25. The van der Waals surface area contributed by atoms with Gasteiger partial charge in [-0.3, -0.25) is 4.79 Å². The molecular formula is C14H17N3OS. The Kier molecular flexibility index (Phi) is 3.38. The number of nitrogens with one attached hydrogen (secondary N) is 1. The number of thiazole rings is 1. The summed E-state index contributed by atoms with van der Waals surface area (Å²) >= 11 is 1.41. The molecule has 1 aromatic heterocycles. The fourth-order valence-corrected chi connectivity index (χ4v) is 3.41. The van der Waals surface area contributed by atoms with E-state index in [1.54, 1.807) is 0 Å². The van der Waals surface area contributed by atoms with Crippen LogP contribution in [0.1, 0.15) is 36.0 Å². The highest BCUT2D eigenvalue weighted by molar-refractivity contribution is 7.22. The van der Waals surface area contributed by atoms with Crippen LogP contribution in [0, 0.1) is 5.92 Å². The van der Waals surface area contributed by atoms with Crippen LogP contribution >= 0.6 is 11.3 Å². The molecule has 3 rings (SSSR count). The van der Waals surface area contributed by atoms with Gasteiger partial charge in [0.1, 0.15) is 0 Å². The van der Waals surface area contributed by atoms with Crippen LogP contribution in [0.2, 0.25) is 0 Å². The van der Waals surface area contributed by atoms with Gasteiger partial charge in [-0.25, -0.2) is 4.98 Å². The van der Waals surface area contributed by atoms with Crippen molar-refractivity contribution in [3.63, 3.8) is 0 Å². The molecule has 1 aromatic carbocycles. The van der Waals surface area contributed by atoms with Crippen LogP contribution in [-0.4, -0.2) is 17.4 Å². The molecule has 0 aliphatic heterocycles. The van der Waals surface area contributed by atoms with Crippen molar-refractivity contribution in [1.82, 2.24) is 10.3 Å². The summed E-state index contributed by atoms with van der Waals surface area (Å²) in [6.07, 6.45) is 5.08. The van der Waals surface area contributed by atoms with E-state index in [4.69, 9.17) is 5.73 Å². The topological polar surface area (TPSA) is 68.0 Å². The van der Waals surface area contributed by atoms with Crippen LogP contribution in [0.5, 0.6) is 0 Å². The largest absolute Gasteiger partial charge is 0.375 e. The van der Waals surface area contributed by atoms with E-state index in [9.17, 15) is 4.79 Å². The molecule has 1 saturated carbocycles. The molecule has 0 atom stereocenters. The summed E-state index contributed by atoms with van der Waals surface area (Å²) in [7, 11) is 0. The minimum atomic E-state index is 0.000714. The predicted molar refractivity (Wildman–Crippen MR) is 78.3 cm³/mol. The normalized spacial score (nSPS) is 16.0. The zero-order chi connectivity index (χ0) is 13.2. The third-order valence-corrected chi connectivity index (χ3v) is 4.54. The first-order chi connectivity index (χ1) is 9.22. The maximum atomic E-state index is 12.1. The van der Waals surface area contributed by atoms with Gasteiger partial charge in [-0.15, -0.1) is 0 Å². The van der Waals surface area contributed by atoms with Crippen molar-refractivity contribution in [2.45, 2.75) is 25.7 Å². The average Bonchev–Trinajstić information content (AvgIpc) is 3.02. The number of nitrogens with two attached hydrogens (primary N) is 1. The molecule has 0 bridgehead atoms. The molecule has 4 nitrogen and oxygen atoms in total. The van der Waals surface area contributed by atoms with E-state index in [2.05, 4.69) is 10.3 Å². The number of amides is 1. The fourth-order valence-electron chi connectivity index (χ4n) is 2.64. The summed E-state index contributed by atoms with van der Waals surface area (Å²) in [5.74, 6) is 0.660. The Morgan fingerprint density at radius 3 is 3.00 bits per heavy atom. The molecule has 1 aliphatic carbocycles. The lowest BCUT2D eigenvalue weighted by molar-refractivity contribution is 0.0947. The number of hydrogen-bond donors (Lipinski definition) is 2. The molecule has 1 fully saturated rings. The lowest BCUT2D eigenvalue weighted by atomic mass is 10.1. The van der Waals surface area contributed by atoms with Gasteiger partial charge >= 0.3 is 0 Å². The van der Waals surface area contributed by atoms with E-state index >= 15 is 0 Å². The zero-order valence-electron chi connectivity index (χ0n) is 10.7. The second kappa shape index (κ2) is 5.17. The van der Waals surface area contributed by atoms with Crippen molar-refractivity contribution in [3.05, 3.63) is 23.8 Å². The Balaban J connectivity index is 1.69. The number of nitrogen functional groups attached to an aromatic ring is 1. The van der Waals surface area contributed by atoms with Crippen LogP contribution in [0.3, 0.4) is 0 Å². The Hall–Kier alpha value is -1.62. The smallest absolute Gasteiger partial charge is 0.251 e. The number of rotatable bonds is 3. The van der Waals surface area contributed by atoms with Crippen LogP contribution < -0.4 is 11.1 Å². The summed E-state index contributed by atoms with van der Waals surface area (Å²) in [6, 6.07) is 5.53. The highest BCUT2D eigenvalue weighted by atomic mass is 32.1. The van der Waals surface area contributed by atoms with Gasteiger partial charge in [0.25, 0.3) is 5.91 Å². The van der Waals surface area contributed by atoms with Gasteiger partial charge in [-0.1, -0.05) is 24.2 Å². The van der Waals surface area contributed by atoms with E-state index in [1.165, 1.54) is 37.0 Å². The summed E-state index contributed by atoms with van der Waals surface area (Å²) < 4.78 is 0.964. The van der Waals surface area contributed by atoms with Crippen LogP contribution in [-0.2, 0) is 0 Å². The van der Waals surface area contributed by atoms with Gasteiger partial charge in [0.15, 0.2) is 5.13 Å². The molecule has 1 aliphatic rings. The number of fused-ring (bicyclic) bond motifs is 1. The van der Waals surface area contributed by atoms with E-state index < -0.39 is 0 Å². The van der Waals surface area contributed by atoms with E-state index in [1.807, 2.05) is 18.2 Å². The Bertz CT molecular complexity index is 602. The fraction of sp³-hybridized carbons (Fsp3) is 0.429. The molecule has 0 spiro atoms. The van der Waals surface area contributed by atoms with Crippen molar-refractivity contribution in [2.75, 3.05) is 12.3 Å². The second-order valence-electron chi connectivity index (χ2n) is 5.10. The average molecular weight is 275 g/mol. The summed E-state index contributed by atoms with van der Waals surface area (Å²) in [6.45, 7) is 0.793. The lowest BCUT2D eigenvalue weighted by Crippen LogP contribution is -2.28. The van der Waals surface area contributed by atoms with Gasteiger partial charge in [0, 0.05) is 12.1 Å². The van der Waals surface area contributed by atoms with Crippen LogP contribution in [0.25, 0.3) is 10.2 Å². The SMILES string of the molecule is Nc1nc2ccc(C(=O)NCC3CCCC3)cc2s1. The molecule has 0 saturated heterocycles. The van der Waals surface area contributed by atoms with E-state index in [0.29, 0.717) is 16.6 Å². The Morgan fingerprint density at radius 1 is 1.42 bits per heavy atom.